The Balaban J connectivity index is 2.45. The molecule has 2 aromatic rings. The van der Waals surface area contributed by atoms with Crippen LogP contribution in [-0.4, -0.2) is 0 Å². The Bertz CT molecular complexity index is 458. The van der Waals surface area contributed by atoms with Gasteiger partial charge in [-0.05, 0) is 47.0 Å². The molecule has 0 saturated carbocycles. The van der Waals surface area contributed by atoms with Gasteiger partial charge < -0.3 is 0 Å². The Labute approximate surface area is 99.8 Å². The fourth-order valence-corrected chi connectivity index (χ4v) is 2.61. The molecule has 1 aromatic heterocycles. The predicted molar refractivity (Wildman–Crippen MR) is 68.3 cm³/mol. The Hall–Kier alpha value is -1.15. The summed E-state index contributed by atoms with van der Waals surface area (Å²) < 4.78 is 13.3. The number of hydrogen-bond acceptors (Lipinski definition) is 1. The van der Waals surface area contributed by atoms with E-state index in [1.165, 1.54) is 5.56 Å². The first-order chi connectivity index (χ1) is 7.66. The third-order valence-corrected chi connectivity index (χ3v) is 3.39. The molecule has 1 aromatic carbocycles. The smallest absolute Gasteiger partial charge is 0.123 e. The summed E-state index contributed by atoms with van der Waals surface area (Å²) in [6.07, 6.45) is 0.994. The summed E-state index contributed by atoms with van der Waals surface area (Å²) in [4.78, 5) is 1.15. The van der Waals surface area contributed by atoms with E-state index in [2.05, 4.69) is 13.8 Å². The van der Waals surface area contributed by atoms with E-state index in [4.69, 9.17) is 0 Å². The van der Waals surface area contributed by atoms with E-state index >= 15 is 0 Å². The van der Waals surface area contributed by atoms with Gasteiger partial charge in [0.1, 0.15) is 5.82 Å². The third kappa shape index (κ3) is 2.50. The Morgan fingerprint density at radius 1 is 1.25 bits per heavy atom. The van der Waals surface area contributed by atoms with Crippen molar-refractivity contribution in [3.8, 4) is 10.4 Å². The third-order valence-electron chi connectivity index (χ3n) is 2.49. The lowest BCUT2D eigenvalue weighted by atomic mass is 9.97. The van der Waals surface area contributed by atoms with Gasteiger partial charge in [-0.3, -0.25) is 0 Å². The minimum atomic E-state index is -0.157. The number of rotatable bonds is 3. The molecule has 0 aliphatic carbocycles. The summed E-state index contributed by atoms with van der Waals surface area (Å²) in [5.74, 6) is 0.431. The molecule has 0 bridgehead atoms. The van der Waals surface area contributed by atoms with Gasteiger partial charge in [0.2, 0.25) is 0 Å². The molecule has 0 nitrogen and oxygen atoms in total. The number of halogens is 1. The molecule has 0 unspecified atom stereocenters. The van der Waals surface area contributed by atoms with Gasteiger partial charge in [-0.25, -0.2) is 4.39 Å². The van der Waals surface area contributed by atoms with Crippen LogP contribution in [0.5, 0.6) is 0 Å². The topological polar surface area (TPSA) is 0 Å². The minimum absolute atomic E-state index is 0.157. The summed E-state index contributed by atoms with van der Waals surface area (Å²) in [6.45, 7) is 4.36. The quantitative estimate of drug-likeness (QED) is 0.718. The molecule has 0 aliphatic heterocycles. The Kier molecular flexibility index (Phi) is 3.39. The zero-order valence-corrected chi connectivity index (χ0v) is 10.4. The van der Waals surface area contributed by atoms with E-state index in [1.54, 1.807) is 23.5 Å². The van der Waals surface area contributed by atoms with Gasteiger partial charge >= 0.3 is 0 Å². The van der Waals surface area contributed by atoms with Crippen LogP contribution in [-0.2, 0) is 6.42 Å². The van der Waals surface area contributed by atoms with Gasteiger partial charge in [-0.1, -0.05) is 26.0 Å². The molecule has 84 valence electrons. The Morgan fingerprint density at radius 3 is 2.69 bits per heavy atom. The second-order valence-corrected chi connectivity index (χ2v) is 5.32. The number of hydrogen-bond donors (Lipinski definition) is 0. The van der Waals surface area contributed by atoms with Crippen molar-refractivity contribution in [1.29, 1.82) is 0 Å². The van der Waals surface area contributed by atoms with Gasteiger partial charge in [0, 0.05) is 4.88 Å². The van der Waals surface area contributed by atoms with Crippen LogP contribution in [0.3, 0.4) is 0 Å². The molecule has 0 spiro atoms. The van der Waals surface area contributed by atoms with Crippen molar-refractivity contribution in [3.05, 3.63) is 47.1 Å². The highest BCUT2D eigenvalue weighted by Crippen LogP contribution is 2.30. The van der Waals surface area contributed by atoms with Crippen LogP contribution in [0.1, 0.15) is 19.4 Å². The molecule has 0 saturated heterocycles. The SMILES string of the molecule is CC(C)Cc1ccc(F)cc1-c1cccs1. The first-order valence-electron chi connectivity index (χ1n) is 5.49. The fraction of sp³-hybridized carbons (Fsp3) is 0.286. The molecule has 0 aliphatic rings. The molecule has 16 heavy (non-hydrogen) atoms. The van der Waals surface area contributed by atoms with Crippen molar-refractivity contribution in [3.63, 3.8) is 0 Å². The van der Waals surface area contributed by atoms with Crippen LogP contribution in [0.25, 0.3) is 10.4 Å². The molecule has 0 atom stereocenters. The van der Waals surface area contributed by atoms with Crippen LogP contribution in [0, 0.1) is 11.7 Å². The molecule has 2 rings (SSSR count). The number of benzene rings is 1. The first kappa shape index (κ1) is 11.3. The van der Waals surface area contributed by atoms with Gasteiger partial charge in [0.25, 0.3) is 0 Å². The summed E-state index contributed by atoms with van der Waals surface area (Å²) >= 11 is 1.66. The molecule has 0 radical (unpaired) electrons. The van der Waals surface area contributed by atoms with Gasteiger partial charge in [0.05, 0.1) is 0 Å². The predicted octanol–water partition coefficient (Wildman–Crippen LogP) is 4.75. The lowest BCUT2D eigenvalue weighted by Crippen LogP contribution is -1.96. The van der Waals surface area contributed by atoms with E-state index in [9.17, 15) is 4.39 Å². The van der Waals surface area contributed by atoms with Crippen molar-refractivity contribution in [2.24, 2.45) is 5.92 Å². The second kappa shape index (κ2) is 4.79. The summed E-state index contributed by atoms with van der Waals surface area (Å²) in [7, 11) is 0. The van der Waals surface area contributed by atoms with Gasteiger partial charge in [0.15, 0.2) is 0 Å². The molecular formula is C14H15FS. The van der Waals surface area contributed by atoms with Crippen molar-refractivity contribution in [2.75, 3.05) is 0 Å². The van der Waals surface area contributed by atoms with Crippen LogP contribution >= 0.6 is 11.3 Å². The highest BCUT2D eigenvalue weighted by atomic mass is 32.1. The van der Waals surface area contributed by atoms with E-state index in [0.29, 0.717) is 5.92 Å². The van der Waals surface area contributed by atoms with E-state index in [-0.39, 0.29) is 5.82 Å². The minimum Gasteiger partial charge on any atom is -0.207 e. The highest BCUT2D eigenvalue weighted by Gasteiger charge is 2.08. The average Bonchev–Trinajstić information content (AvgIpc) is 2.73. The maximum absolute atomic E-state index is 13.3. The summed E-state index contributed by atoms with van der Waals surface area (Å²) in [5.41, 5.74) is 2.28. The van der Waals surface area contributed by atoms with Crippen molar-refractivity contribution >= 4 is 11.3 Å². The van der Waals surface area contributed by atoms with Gasteiger partial charge in [-0.2, -0.15) is 0 Å². The number of thiophene rings is 1. The summed E-state index contributed by atoms with van der Waals surface area (Å²) in [6, 6.07) is 9.15. The van der Waals surface area contributed by atoms with Crippen LogP contribution in [0.2, 0.25) is 0 Å². The average molecular weight is 234 g/mol. The molecule has 0 fully saturated rings. The van der Waals surface area contributed by atoms with Crippen LogP contribution in [0.15, 0.2) is 35.7 Å². The molecule has 1 heterocycles. The lowest BCUT2D eigenvalue weighted by Gasteiger charge is -2.10. The maximum atomic E-state index is 13.3. The molecular weight excluding hydrogens is 219 g/mol. The lowest BCUT2D eigenvalue weighted by molar-refractivity contribution is 0.621. The van der Waals surface area contributed by atoms with Crippen molar-refractivity contribution in [1.82, 2.24) is 0 Å². The summed E-state index contributed by atoms with van der Waals surface area (Å²) in [5, 5.41) is 2.03. The standard InChI is InChI=1S/C14H15FS/c1-10(2)8-11-5-6-12(15)9-13(11)14-4-3-7-16-14/h3-7,9-10H,8H2,1-2H3. The van der Waals surface area contributed by atoms with E-state index in [0.717, 1.165) is 16.9 Å². The second-order valence-electron chi connectivity index (χ2n) is 4.38. The zero-order valence-electron chi connectivity index (χ0n) is 9.53. The molecule has 0 N–H and O–H groups in total. The Morgan fingerprint density at radius 2 is 2.06 bits per heavy atom. The van der Waals surface area contributed by atoms with E-state index in [1.807, 2.05) is 23.6 Å². The van der Waals surface area contributed by atoms with Gasteiger partial charge in [-0.15, -0.1) is 11.3 Å². The fourth-order valence-electron chi connectivity index (χ4n) is 1.83. The molecule has 0 amide bonds. The zero-order chi connectivity index (χ0) is 11.5. The maximum Gasteiger partial charge on any atom is 0.123 e. The first-order valence-corrected chi connectivity index (χ1v) is 6.37. The normalized spacial score (nSPS) is 11.0. The monoisotopic (exact) mass is 234 g/mol. The molecule has 2 heteroatoms. The van der Waals surface area contributed by atoms with E-state index < -0.39 is 0 Å². The van der Waals surface area contributed by atoms with Crippen molar-refractivity contribution in [2.45, 2.75) is 20.3 Å². The highest BCUT2D eigenvalue weighted by molar-refractivity contribution is 7.13. The van der Waals surface area contributed by atoms with Crippen LogP contribution < -0.4 is 0 Å². The van der Waals surface area contributed by atoms with Crippen LogP contribution in [0.4, 0.5) is 4.39 Å². The largest absolute Gasteiger partial charge is 0.207 e. The van der Waals surface area contributed by atoms with Crippen molar-refractivity contribution < 1.29 is 4.39 Å².